The number of carboxylic acid groups (broad SMARTS) is 1. The maximum Gasteiger partial charge on any atom is 0.340 e. The van der Waals surface area contributed by atoms with Crippen LogP contribution >= 0.6 is 0 Å². The SMILES string of the molecule is CC[C@@H](C)[C@H](NC(=O)Cc1c(C)c2c(OC)cc(OC)cc2oc1=O)C(=O)[O-]. The predicted molar refractivity (Wildman–Crippen MR) is 100 cm³/mol. The van der Waals surface area contributed by atoms with Crippen molar-refractivity contribution in [3.8, 4) is 11.5 Å². The minimum atomic E-state index is -1.36. The van der Waals surface area contributed by atoms with Gasteiger partial charge in [0.1, 0.15) is 17.1 Å². The van der Waals surface area contributed by atoms with Crippen LogP contribution in [-0.2, 0) is 16.0 Å². The van der Waals surface area contributed by atoms with Crippen molar-refractivity contribution in [3.05, 3.63) is 33.7 Å². The second-order valence-electron chi connectivity index (χ2n) is 6.62. The first kappa shape index (κ1) is 21.3. The van der Waals surface area contributed by atoms with Gasteiger partial charge in [-0.3, -0.25) is 4.79 Å². The highest BCUT2D eigenvalue weighted by Gasteiger charge is 2.22. The van der Waals surface area contributed by atoms with Gasteiger partial charge in [0.2, 0.25) is 5.91 Å². The van der Waals surface area contributed by atoms with E-state index in [1.807, 2.05) is 6.92 Å². The molecule has 1 amide bonds. The number of benzene rings is 1. The molecule has 0 saturated heterocycles. The summed E-state index contributed by atoms with van der Waals surface area (Å²) in [6, 6.07) is 2.07. The van der Waals surface area contributed by atoms with Gasteiger partial charge in [0.25, 0.3) is 0 Å². The largest absolute Gasteiger partial charge is 0.548 e. The van der Waals surface area contributed by atoms with Crippen molar-refractivity contribution in [2.45, 2.75) is 39.7 Å². The third kappa shape index (κ3) is 4.27. The number of carbonyl (C=O) groups is 2. The quantitative estimate of drug-likeness (QED) is 0.667. The van der Waals surface area contributed by atoms with Crippen molar-refractivity contribution in [2.24, 2.45) is 5.92 Å². The highest BCUT2D eigenvalue weighted by molar-refractivity contribution is 5.91. The van der Waals surface area contributed by atoms with E-state index in [0.717, 1.165) is 0 Å². The molecule has 1 aromatic carbocycles. The molecule has 1 heterocycles. The van der Waals surface area contributed by atoms with Crippen LogP contribution in [0.15, 0.2) is 21.3 Å². The minimum absolute atomic E-state index is 0.134. The second-order valence-corrected chi connectivity index (χ2v) is 6.62. The zero-order chi connectivity index (χ0) is 21.0. The van der Waals surface area contributed by atoms with Gasteiger partial charge < -0.3 is 29.1 Å². The Hall–Kier alpha value is -3.03. The zero-order valence-electron chi connectivity index (χ0n) is 16.6. The van der Waals surface area contributed by atoms with Gasteiger partial charge in [0.15, 0.2) is 0 Å². The summed E-state index contributed by atoms with van der Waals surface area (Å²) in [5.41, 5.74) is 0.253. The van der Waals surface area contributed by atoms with Crippen LogP contribution in [0.4, 0.5) is 0 Å². The number of hydrogen-bond donors (Lipinski definition) is 1. The summed E-state index contributed by atoms with van der Waals surface area (Å²) in [5, 5.41) is 14.3. The first-order chi connectivity index (χ1) is 13.2. The highest BCUT2D eigenvalue weighted by atomic mass is 16.5. The maximum atomic E-state index is 12.4. The third-order valence-corrected chi connectivity index (χ3v) is 4.89. The number of rotatable bonds is 8. The Kier molecular flexibility index (Phi) is 6.66. The van der Waals surface area contributed by atoms with Gasteiger partial charge >= 0.3 is 5.63 Å². The van der Waals surface area contributed by atoms with Crippen LogP contribution in [0.3, 0.4) is 0 Å². The van der Waals surface area contributed by atoms with Crippen molar-refractivity contribution < 1.29 is 28.6 Å². The van der Waals surface area contributed by atoms with E-state index in [0.29, 0.717) is 28.9 Å². The summed E-state index contributed by atoms with van der Waals surface area (Å²) >= 11 is 0. The standard InChI is InChI=1S/C20H25NO7/c1-6-10(2)18(19(23)24)21-16(22)9-13-11(3)17-14(27-5)7-12(26-4)8-15(17)28-20(13)25/h7-8,10,18H,6,9H2,1-5H3,(H,21,22)(H,23,24)/p-1/t10-,18+/m1/s1. The summed E-state index contributed by atoms with van der Waals surface area (Å²) in [4.78, 5) is 36.2. The minimum Gasteiger partial charge on any atom is -0.548 e. The average molecular weight is 390 g/mol. The second kappa shape index (κ2) is 8.77. The fourth-order valence-electron chi connectivity index (χ4n) is 3.02. The van der Waals surface area contributed by atoms with E-state index in [9.17, 15) is 19.5 Å². The topological polar surface area (TPSA) is 118 Å². The van der Waals surface area contributed by atoms with Gasteiger partial charge in [0.05, 0.1) is 43.6 Å². The van der Waals surface area contributed by atoms with Gasteiger partial charge in [-0.25, -0.2) is 4.79 Å². The fraction of sp³-hybridized carbons (Fsp3) is 0.450. The Morgan fingerprint density at radius 3 is 2.46 bits per heavy atom. The number of carbonyl (C=O) groups excluding carboxylic acids is 2. The number of aryl methyl sites for hydroxylation is 1. The zero-order valence-corrected chi connectivity index (χ0v) is 16.6. The van der Waals surface area contributed by atoms with E-state index in [4.69, 9.17) is 13.9 Å². The van der Waals surface area contributed by atoms with E-state index < -0.39 is 23.5 Å². The Bertz CT molecular complexity index is 948. The van der Waals surface area contributed by atoms with E-state index in [1.165, 1.54) is 14.2 Å². The number of methoxy groups -OCH3 is 2. The van der Waals surface area contributed by atoms with Crippen molar-refractivity contribution in [1.29, 1.82) is 0 Å². The molecule has 0 fully saturated rings. The molecule has 2 atom stereocenters. The summed E-state index contributed by atoms with van der Waals surface area (Å²) < 4.78 is 15.9. The highest BCUT2D eigenvalue weighted by Crippen LogP contribution is 2.33. The molecule has 1 N–H and O–H groups in total. The maximum absolute atomic E-state index is 12.4. The van der Waals surface area contributed by atoms with Gasteiger partial charge in [-0.2, -0.15) is 0 Å². The lowest BCUT2D eigenvalue weighted by atomic mass is 9.98. The van der Waals surface area contributed by atoms with E-state index in [1.54, 1.807) is 26.0 Å². The van der Waals surface area contributed by atoms with Crippen LogP contribution in [0.25, 0.3) is 11.0 Å². The molecule has 1 aromatic heterocycles. The first-order valence-corrected chi connectivity index (χ1v) is 8.91. The van der Waals surface area contributed by atoms with Gasteiger partial charge in [0, 0.05) is 12.1 Å². The number of amides is 1. The van der Waals surface area contributed by atoms with Crippen LogP contribution in [0.2, 0.25) is 0 Å². The van der Waals surface area contributed by atoms with Crippen LogP contribution in [0.5, 0.6) is 11.5 Å². The average Bonchev–Trinajstić information content (AvgIpc) is 2.67. The number of ether oxygens (including phenoxy) is 2. The molecule has 0 saturated carbocycles. The van der Waals surface area contributed by atoms with Crippen molar-refractivity contribution in [1.82, 2.24) is 5.32 Å². The monoisotopic (exact) mass is 390 g/mol. The summed E-state index contributed by atoms with van der Waals surface area (Å²) in [6.45, 7) is 5.20. The van der Waals surface area contributed by atoms with Gasteiger partial charge in [-0.1, -0.05) is 20.3 Å². The fourth-order valence-corrected chi connectivity index (χ4v) is 3.02. The molecular formula is C20H24NO7-. The third-order valence-electron chi connectivity index (χ3n) is 4.89. The van der Waals surface area contributed by atoms with E-state index in [-0.39, 0.29) is 23.5 Å². The summed E-state index contributed by atoms with van der Waals surface area (Å²) in [5.74, 6) is -1.38. The molecular weight excluding hydrogens is 366 g/mol. The van der Waals surface area contributed by atoms with Crippen molar-refractivity contribution >= 4 is 22.8 Å². The Labute approximate surface area is 162 Å². The van der Waals surface area contributed by atoms with Crippen LogP contribution in [0.1, 0.15) is 31.4 Å². The Morgan fingerprint density at radius 1 is 1.25 bits per heavy atom. The lowest BCUT2D eigenvalue weighted by molar-refractivity contribution is -0.309. The molecule has 8 heteroatoms. The molecule has 0 aliphatic carbocycles. The van der Waals surface area contributed by atoms with Gasteiger partial charge in [-0.15, -0.1) is 0 Å². The van der Waals surface area contributed by atoms with Gasteiger partial charge in [-0.05, 0) is 18.4 Å². The van der Waals surface area contributed by atoms with Crippen molar-refractivity contribution in [2.75, 3.05) is 14.2 Å². The molecule has 0 spiro atoms. The molecule has 0 radical (unpaired) electrons. The first-order valence-electron chi connectivity index (χ1n) is 8.91. The number of aliphatic carboxylic acids is 1. The normalized spacial score (nSPS) is 13.0. The number of carboxylic acids is 1. The predicted octanol–water partition coefficient (Wildman–Crippen LogP) is 0.942. The lowest BCUT2D eigenvalue weighted by Crippen LogP contribution is -2.51. The Balaban J connectivity index is 2.43. The molecule has 2 aromatic rings. The van der Waals surface area contributed by atoms with Crippen LogP contribution in [-0.4, -0.2) is 32.1 Å². The molecule has 0 unspecified atom stereocenters. The molecule has 28 heavy (non-hydrogen) atoms. The Morgan fingerprint density at radius 2 is 1.93 bits per heavy atom. The smallest absolute Gasteiger partial charge is 0.340 e. The number of hydrogen-bond acceptors (Lipinski definition) is 7. The summed E-state index contributed by atoms with van der Waals surface area (Å²) in [7, 11) is 2.96. The molecule has 8 nitrogen and oxygen atoms in total. The van der Waals surface area contributed by atoms with Crippen LogP contribution in [0, 0.1) is 12.8 Å². The van der Waals surface area contributed by atoms with E-state index >= 15 is 0 Å². The lowest BCUT2D eigenvalue weighted by Gasteiger charge is -2.25. The number of nitrogens with one attached hydrogen (secondary N) is 1. The molecule has 0 aliphatic rings. The summed E-state index contributed by atoms with van der Waals surface area (Å²) in [6.07, 6.45) is 0.231. The molecule has 0 bridgehead atoms. The molecule has 0 aliphatic heterocycles. The van der Waals surface area contributed by atoms with E-state index in [2.05, 4.69) is 5.32 Å². The van der Waals surface area contributed by atoms with Crippen LogP contribution < -0.4 is 25.5 Å². The molecule has 2 rings (SSSR count). The number of fused-ring (bicyclic) bond motifs is 1. The van der Waals surface area contributed by atoms with Crippen molar-refractivity contribution in [3.63, 3.8) is 0 Å². The molecule has 152 valence electrons.